The molecule has 3 rings (SSSR count). The lowest BCUT2D eigenvalue weighted by atomic mass is 9.91. The van der Waals surface area contributed by atoms with E-state index in [0.29, 0.717) is 21.5 Å². The van der Waals surface area contributed by atoms with Crippen molar-refractivity contribution in [1.29, 1.82) is 0 Å². The number of nitrogens with one attached hydrogen (secondary N) is 1. The number of benzene rings is 1. The van der Waals surface area contributed by atoms with E-state index in [0.717, 1.165) is 25.7 Å². The van der Waals surface area contributed by atoms with Crippen LogP contribution in [0.4, 0.5) is 0 Å². The molecule has 0 atom stereocenters. The molecule has 0 spiro atoms. The van der Waals surface area contributed by atoms with E-state index in [9.17, 15) is 10.0 Å². The van der Waals surface area contributed by atoms with Crippen molar-refractivity contribution in [3.05, 3.63) is 29.0 Å². The number of carbonyl (C=O) groups excluding carboxylic acids is 1. The SMILES string of the molecule is NC1CCC(NC(=O)c2ccc3c(c2)no[n+]3[O-])CC1. The fraction of sp³-hybridized carbons (Fsp3) is 0.462. The summed E-state index contributed by atoms with van der Waals surface area (Å²) in [7, 11) is 0. The lowest BCUT2D eigenvalue weighted by Gasteiger charge is -2.26. The summed E-state index contributed by atoms with van der Waals surface area (Å²) in [6.45, 7) is 0. The van der Waals surface area contributed by atoms with Crippen molar-refractivity contribution < 1.29 is 14.3 Å². The van der Waals surface area contributed by atoms with Crippen LogP contribution in [0.1, 0.15) is 36.0 Å². The van der Waals surface area contributed by atoms with Gasteiger partial charge in [0.05, 0.1) is 0 Å². The number of amides is 1. The summed E-state index contributed by atoms with van der Waals surface area (Å²) in [5, 5.41) is 17.8. The van der Waals surface area contributed by atoms with Crippen LogP contribution in [0.15, 0.2) is 22.8 Å². The van der Waals surface area contributed by atoms with Crippen molar-refractivity contribution in [3.63, 3.8) is 0 Å². The van der Waals surface area contributed by atoms with E-state index in [-0.39, 0.29) is 18.0 Å². The van der Waals surface area contributed by atoms with Gasteiger partial charge < -0.3 is 16.3 Å². The second-order valence-electron chi connectivity index (χ2n) is 5.22. The Bertz CT molecular complexity index is 632. The molecule has 7 heteroatoms. The van der Waals surface area contributed by atoms with Crippen LogP contribution in [0.5, 0.6) is 0 Å². The van der Waals surface area contributed by atoms with Gasteiger partial charge in [-0.25, -0.2) is 0 Å². The van der Waals surface area contributed by atoms with Gasteiger partial charge in [-0.2, -0.15) is 0 Å². The van der Waals surface area contributed by atoms with E-state index in [1.165, 1.54) is 6.07 Å². The van der Waals surface area contributed by atoms with Crippen molar-refractivity contribution in [2.45, 2.75) is 37.8 Å². The number of aromatic nitrogens is 2. The highest BCUT2D eigenvalue weighted by Gasteiger charge is 2.21. The summed E-state index contributed by atoms with van der Waals surface area (Å²) in [6.07, 6.45) is 3.67. The van der Waals surface area contributed by atoms with Gasteiger partial charge in [0.25, 0.3) is 5.91 Å². The van der Waals surface area contributed by atoms with Crippen LogP contribution >= 0.6 is 0 Å². The molecule has 1 amide bonds. The fourth-order valence-corrected chi connectivity index (χ4v) is 2.55. The van der Waals surface area contributed by atoms with Crippen molar-refractivity contribution in [3.8, 4) is 0 Å². The third-order valence-corrected chi connectivity index (χ3v) is 3.75. The number of carbonyl (C=O) groups is 1. The zero-order valence-electron chi connectivity index (χ0n) is 10.9. The molecule has 7 nitrogen and oxygen atoms in total. The Balaban J connectivity index is 1.72. The maximum Gasteiger partial charge on any atom is 0.251 e. The standard InChI is InChI=1S/C13H16N4O3/c14-9-2-4-10(5-3-9)15-13(18)8-1-6-12-11(7-8)16-20-17(12)19/h1,6-7,9-10H,2-5,14H2,(H,15,18). The second kappa shape index (κ2) is 5.09. The highest BCUT2D eigenvalue weighted by molar-refractivity contribution is 5.97. The quantitative estimate of drug-likeness (QED) is 0.775. The number of fused-ring (bicyclic) bond motifs is 1. The molecule has 2 aromatic rings. The van der Waals surface area contributed by atoms with E-state index in [1.807, 2.05) is 0 Å². The first-order valence-electron chi connectivity index (χ1n) is 6.69. The summed E-state index contributed by atoms with van der Waals surface area (Å²) in [4.78, 5) is 12.5. The number of rotatable bonds is 2. The first-order chi connectivity index (χ1) is 9.63. The summed E-state index contributed by atoms with van der Waals surface area (Å²) in [6, 6.07) is 5.10. The molecule has 0 bridgehead atoms. The minimum Gasteiger partial charge on any atom is -0.359 e. The summed E-state index contributed by atoms with van der Waals surface area (Å²) >= 11 is 0. The van der Waals surface area contributed by atoms with Gasteiger partial charge in [-0.05, 0) is 42.7 Å². The minimum atomic E-state index is -0.159. The van der Waals surface area contributed by atoms with E-state index in [1.54, 1.807) is 12.1 Å². The average Bonchev–Trinajstić information content (AvgIpc) is 2.82. The third kappa shape index (κ3) is 2.44. The molecule has 106 valence electrons. The van der Waals surface area contributed by atoms with Gasteiger partial charge in [0.2, 0.25) is 11.0 Å². The Labute approximate surface area is 115 Å². The molecule has 0 saturated heterocycles. The highest BCUT2D eigenvalue weighted by atomic mass is 16.8. The molecule has 3 N–H and O–H groups in total. The van der Waals surface area contributed by atoms with Crippen LogP contribution in [0.2, 0.25) is 0 Å². The zero-order chi connectivity index (χ0) is 14.1. The van der Waals surface area contributed by atoms with Crippen molar-refractivity contribution in [2.75, 3.05) is 0 Å². The Morgan fingerprint density at radius 1 is 1.40 bits per heavy atom. The van der Waals surface area contributed by atoms with Crippen LogP contribution in [0, 0.1) is 5.21 Å². The van der Waals surface area contributed by atoms with Crippen molar-refractivity contribution in [2.24, 2.45) is 5.73 Å². The lowest BCUT2D eigenvalue weighted by Crippen LogP contribution is -2.40. The zero-order valence-corrected chi connectivity index (χ0v) is 10.9. The lowest BCUT2D eigenvalue weighted by molar-refractivity contribution is -0.782. The third-order valence-electron chi connectivity index (χ3n) is 3.75. The first kappa shape index (κ1) is 12.9. The number of nitrogens with zero attached hydrogens (tertiary/aromatic N) is 2. The predicted octanol–water partition coefficient (Wildman–Crippen LogP) is 0.461. The van der Waals surface area contributed by atoms with Crippen LogP contribution in [-0.4, -0.2) is 23.1 Å². The van der Waals surface area contributed by atoms with E-state index < -0.39 is 0 Å². The molecule has 0 radical (unpaired) electrons. The highest BCUT2D eigenvalue weighted by Crippen LogP contribution is 2.18. The molecule has 1 aromatic carbocycles. The maximum atomic E-state index is 12.2. The second-order valence-corrected chi connectivity index (χ2v) is 5.22. The molecular weight excluding hydrogens is 260 g/mol. The molecule has 1 aliphatic rings. The molecule has 0 unspecified atom stereocenters. The van der Waals surface area contributed by atoms with E-state index in [4.69, 9.17) is 5.73 Å². The monoisotopic (exact) mass is 276 g/mol. The van der Waals surface area contributed by atoms with Crippen LogP contribution < -0.4 is 16.0 Å². The fourth-order valence-electron chi connectivity index (χ4n) is 2.55. The van der Waals surface area contributed by atoms with Gasteiger partial charge in [-0.1, -0.05) is 0 Å². The van der Waals surface area contributed by atoms with E-state index in [2.05, 4.69) is 15.1 Å². The first-order valence-corrected chi connectivity index (χ1v) is 6.69. The van der Waals surface area contributed by atoms with Gasteiger partial charge in [0.1, 0.15) is 0 Å². The Morgan fingerprint density at radius 2 is 2.15 bits per heavy atom. The Morgan fingerprint density at radius 3 is 2.90 bits per heavy atom. The molecule has 1 saturated carbocycles. The number of hydrogen-bond donors (Lipinski definition) is 2. The largest absolute Gasteiger partial charge is 0.359 e. The molecule has 20 heavy (non-hydrogen) atoms. The maximum absolute atomic E-state index is 12.2. The average molecular weight is 276 g/mol. The molecule has 1 aliphatic carbocycles. The molecule has 1 fully saturated rings. The van der Waals surface area contributed by atoms with Crippen LogP contribution in [0.25, 0.3) is 11.0 Å². The molecular formula is C13H16N4O3. The van der Waals surface area contributed by atoms with Gasteiger partial charge >= 0.3 is 0 Å². The van der Waals surface area contributed by atoms with Crippen molar-refractivity contribution >= 4 is 16.9 Å². The smallest absolute Gasteiger partial charge is 0.251 e. The summed E-state index contributed by atoms with van der Waals surface area (Å²) in [5.74, 6) is -0.159. The van der Waals surface area contributed by atoms with Gasteiger partial charge in [-0.3, -0.25) is 9.42 Å². The Kier molecular flexibility index (Phi) is 3.27. The van der Waals surface area contributed by atoms with Gasteiger partial charge in [0, 0.05) is 28.9 Å². The van der Waals surface area contributed by atoms with E-state index >= 15 is 0 Å². The molecule has 0 aliphatic heterocycles. The number of nitrogens with two attached hydrogens (primary N) is 1. The number of hydrogen-bond acceptors (Lipinski definition) is 5. The summed E-state index contributed by atoms with van der Waals surface area (Å²) < 4.78 is 4.48. The van der Waals surface area contributed by atoms with Gasteiger partial charge in [0.15, 0.2) is 0 Å². The topological polar surface area (TPSA) is 108 Å². The normalized spacial score (nSPS) is 22.9. The minimum absolute atomic E-state index is 0.159. The van der Waals surface area contributed by atoms with Crippen LogP contribution in [0.3, 0.4) is 0 Å². The predicted molar refractivity (Wildman–Crippen MR) is 70.7 cm³/mol. The summed E-state index contributed by atoms with van der Waals surface area (Å²) in [5.41, 5.74) is 7.00. The molecule has 1 aromatic heterocycles. The van der Waals surface area contributed by atoms with Gasteiger partial charge in [-0.15, -0.1) is 0 Å². The molecule has 1 heterocycles. The Hall–Kier alpha value is -2.15. The van der Waals surface area contributed by atoms with Crippen molar-refractivity contribution in [1.82, 2.24) is 10.5 Å². The van der Waals surface area contributed by atoms with Crippen LogP contribution in [-0.2, 0) is 0 Å².